The second-order valence-corrected chi connectivity index (χ2v) is 3.78. The number of hydrogen-bond donors (Lipinski definition) is 1. The van der Waals surface area contributed by atoms with Crippen LogP contribution in [-0.2, 0) is 6.18 Å². The van der Waals surface area contributed by atoms with E-state index in [0.717, 1.165) is 6.07 Å². The van der Waals surface area contributed by atoms with Crippen LogP contribution in [0.1, 0.15) is 23.6 Å². The Bertz CT molecular complexity index is 387. The van der Waals surface area contributed by atoms with E-state index in [-0.39, 0.29) is 11.1 Å². The lowest BCUT2D eigenvalue weighted by molar-refractivity contribution is -0.137. The Morgan fingerprint density at radius 2 is 2.06 bits per heavy atom. The third kappa shape index (κ3) is 3.00. The van der Waals surface area contributed by atoms with Gasteiger partial charge in [-0.3, -0.25) is 0 Å². The van der Waals surface area contributed by atoms with Gasteiger partial charge in [0.15, 0.2) is 0 Å². The zero-order valence-corrected chi connectivity index (χ0v) is 9.15. The first-order valence-corrected chi connectivity index (χ1v) is 4.97. The zero-order chi connectivity index (χ0) is 12.3. The van der Waals surface area contributed by atoms with E-state index in [9.17, 15) is 13.2 Å². The summed E-state index contributed by atoms with van der Waals surface area (Å²) in [5.41, 5.74) is 5.45. The summed E-state index contributed by atoms with van der Waals surface area (Å²) in [7, 11) is 0. The van der Waals surface area contributed by atoms with Gasteiger partial charge in [0.1, 0.15) is 0 Å². The summed E-state index contributed by atoms with van der Waals surface area (Å²) in [6.07, 6.45) is -2.34. The van der Waals surface area contributed by atoms with Gasteiger partial charge in [0.2, 0.25) is 0 Å². The summed E-state index contributed by atoms with van der Waals surface area (Å²) in [4.78, 5) is 0. The van der Waals surface area contributed by atoms with Gasteiger partial charge in [-0.05, 0) is 24.1 Å². The first kappa shape index (κ1) is 13.1. The summed E-state index contributed by atoms with van der Waals surface area (Å²) in [6.45, 7) is 3.51. The molecular formula is C11H11ClF3N. The molecule has 1 aromatic rings. The van der Waals surface area contributed by atoms with Crippen LogP contribution in [-0.4, -0.2) is 0 Å². The lowest BCUT2D eigenvalue weighted by Gasteiger charge is -2.13. The number of halogens is 4. The molecule has 0 bridgehead atoms. The van der Waals surface area contributed by atoms with E-state index in [1.807, 2.05) is 0 Å². The molecule has 0 aliphatic rings. The van der Waals surface area contributed by atoms with Gasteiger partial charge < -0.3 is 5.73 Å². The molecule has 1 aromatic carbocycles. The van der Waals surface area contributed by atoms with E-state index in [0.29, 0.717) is 12.0 Å². The lowest BCUT2D eigenvalue weighted by atomic mass is 10.0. The van der Waals surface area contributed by atoms with Gasteiger partial charge in [-0.15, -0.1) is 6.58 Å². The standard InChI is InChI=1S/C11H11ClF3N/c1-2-3-10(16)7-4-5-8(9(12)6-7)11(13,14)15/h2,4-6,10H,1,3,16H2/t10-/m0/s1. The highest BCUT2D eigenvalue weighted by Crippen LogP contribution is 2.35. The quantitative estimate of drug-likeness (QED) is 0.807. The molecule has 0 amide bonds. The van der Waals surface area contributed by atoms with E-state index >= 15 is 0 Å². The predicted molar refractivity (Wildman–Crippen MR) is 58.2 cm³/mol. The van der Waals surface area contributed by atoms with Crippen LogP contribution in [0.2, 0.25) is 5.02 Å². The van der Waals surface area contributed by atoms with Crippen LogP contribution in [0, 0.1) is 0 Å². The second-order valence-electron chi connectivity index (χ2n) is 3.37. The minimum absolute atomic E-state index is 0.329. The molecular weight excluding hydrogens is 239 g/mol. The third-order valence-corrected chi connectivity index (χ3v) is 2.46. The first-order valence-electron chi connectivity index (χ1n) is 4.59. The largest absolute Gasteiger partial charge is 0.417 e. The maximum absolute atomic E-state index is 12.4. The third-order valence-electron chi connectivity index (χ3n) is 2.15. The highest BCUT2D eigenvalue weighted by molar-refractivity contribution is 6.31. The van der Waals surface area contributed by atoms with Crippen LogP contribution >= 0.6 is 11.6 Å². The molecule has 0 unspecified atom stereocenters. The van der Waals surface area contributed by atoms with E-state index < -0.39 is 11.7 Å². The van der Waals surface area contributed by atoms with Crippen molar-refractivity contribution in [3.63, 3.8) is 0 Å². The van der Waals surface area contributed by atoms with Gasteiger partial charge >= 0.3 is 6.18 Å². The van der Waals surface area contributed by atoms with Gasteiger partial charge in [-0.2, -0.15) is 13.2 Å². The number of rotatable bonds is 3. The Labute approximate surface area is 96.7 Å². The zero-order valence-electron chi connectivity index (χ0n) is 8.39. The molecule has 0 spiro atoms. The molecule has 0 aliphatic carbocycles. The molecule has 1 rings (SSSR count). The molecule has 16 heavy (non-hydrogen) atoms. The van der Waals surface area contributed by atoms with Crippen molar-refractivity contribution in [2.24, 2.45) is 5.73 Å². The van der Waals surface area contributed by atoms with Crippen molar-refractivity contribution in [1.29, 1.82) is 0 Å². The molecule has 0 heterocycles. The first-order chi connectivity index (χ1) is 7.36. The Morgan fingerprint density at radius 1 is 1.44 bits per heavy atom. The van der Waals surface area contributed by atoms with Crippen molar-refractivity contribution >= 4 is 11.6 Å². The Balaban J connectivity index is 3.04. The number of nitrogens with two attached hydrogens (primary N) is 1. The van der Waals surface area contributed by atoms with Crippen molar-refractivity contribution in [3.8, 4) is 0 Å². The summed E-state index contributed by atoms with van der Waals surface area (Å²) >= 11 is 5.56. The normalized spacial score (nSPS) is 13.6. The fourth-order valence-corrected chi connectivity index (χ4v) is 1.60. The predicted octanol–water partition coefficient (Wildman–Crippen LogP) is 3.93. The SMILES string of the molecule is C=CC[C@H](N)c1ccc(C(F)(F)F)c(Cl)c1. The molecule has 0 saturated carbocycles. The maximum Gasteiger partial charge on any atom is 0.417 e. The van der Waals surface area contributed by atoms with E-state index in [2.05, 4.69) is 6.58 Å². The molecule has 1 atom stereocenters. The molecule has 1 nitrogen and oxygen atoms in total. The van der Waals surface area contributed by atoms with E-state index in [1.165, 1.54) is 12.1 Å². The Kier molecular flexibility index (Phi) is 3.99. The molecule has 0 fully saturated rings. The highest BCUT2D eigenvalue weighted by Gasteiger charge is 2.33. The van der Waals surface area contributed by atoms with Crippen LogP contribution in [0.3, 0.4) is 0 Å². The van der Waals surface area contributed by atoms with Crippen LogP contribution in [0.5, 0.6) is 0 Å². The van der Waals surface area contributed by atoms with Crippen molar-refractivity contribution in [3.05, 3.63) is 47.0 Å². The number of hydrogen-bond acceptors (Lipinski definition) is 1. The smallest absolute Gasteiger partial charge is 0.324 e. The van der Waals surface area contributed by atoms with Gasteiger partial charge in [0.25, 0.3) is 0 Å². The summed E-state index contributed by atoms with van der Waals surface area (Å²) in [5, 5.41) is -0.329. The second kappa shape index (κ2) is 4.89. The fourth-order valence-electron chi connectivity index (χ4n) is 1.31. The Hall–Kier alpha value is -1.00. The number of alkyl halides is 3. The fraction of sp³-hybridized carbons (Fsp3) is 0.273. The van der Waals surface area contributed by atoms with Crippen molar-refractivity contribution in [2.45, 2.75) is 18.6 Å². The van der Waals surface area contributed by atoms with Gasteiger partial charge in [-0.25, -0.2) is 0 Å². The number of benzene rings is 1. The molecule has 0 radical (unpaired) electrons. The summed E-state index contributed by atoms with van der Waals surface area (Å²) in [5.74, 6) is 0. The molecule has 88 valence electrons. The maximum atomic E-state index is 12.4. The summed E-state index contributed by atoms with van der Waals surface area (Å²) < 4.78 is 37.2. The minimum atomic E-state index is -4.43. The van der Waals surface area contributed by atoms with Crippen LogP contribution in [0.15, 0.2) is 30.9 Å². The average molecular weight is 250 g/mol. The topological polar surface area (TPSA) is 26.0 Å². The molecule has 0 aromatic heterocycles. The van der Waals surface area contributed by atoms with Crippen molar-refractivity contribution < 1.29 is 13.2 Å². The van der Waals surface area contributed by atoms with E-state index in [4.69, 9.17) is 17.3 Å². The average Bonchev–Trinajstić information content (AvgIpc) is 2.16. The van der Waals surface area contributed by atoms with E-state index in [1.54, 1.807) is 6.08 Å². The molecule has 5 heteroatoms. The van der Waals surface area contributed by atoms with Crippen LogP contribution in [0.4, 0.5) is 13.2 Å². The Morgan fingerprint density at radius 3 is 2.50 bits per heavy atom. The monoisotopic (exact) mass is 249 g/mol. The highest BCUT2D eigenvalue weighted by atomic mass is 35.5. The van der Waals surface area contributed by atoms with Gasteiger partial charge in [-0.1, -0.05) is 23.7 Å². The molecule has 2 N–H and O–H groups in total. The van der Waals surface area contributed by atoms with Crippen LogP contribution < -0.4 is 5.73 Å². The van der Waals surface area contributed by atoms with Gasteiger partial charge in [0, 0.05) is 6.04 Å². The molecule has 0 aliphatic heterocycles. The minimum Gasteiger partial charge on any atom is -0.324 e. The molecule has 0 saturated heterocycles. The van der Waals surface area contributed by atoms with Crippen molar-refractivity contribution in [1.82, 2.24) is 0 Å². The lowest BCUT2D eigenvalue weighted by Crippen LogP contribution is -2.11. The summed E-state index contributed by atoms with van der Waals surface area (Å²) in [6, 6.07) is 3.15. The van der Waals surface area contributed by atoms with Gasteiger partial charge in [0.05, 0.1) is 10.6 Å². The van der Waals surface area contributed by atoms with Crippen LogP contribution in [0.25, 0.3) is 0 Å². The van der Waals surface area contributed by atoms with Crippen molar-refractivity contribution in [2.75, 3.05) is 0 Å².